The Balaban J connectivity index is 2.18. The van der Waals surface area contributed by atoms with Crippen LogP contribution in [0.1, 0.15) is 10.5 Å². The molecule has 0 unspecified atom stereocenters. The van der Waals surface area contributed by atoms with Gasteiger partial charge in [-0.15, -0.1) is 0 Å². The number of amides is 1. The molecule has 16 heavy (non-hydrogen) atoms. The lowest BCUT2D eigenvalue weighted by Gasteiger charge is -2.05. The highest BCUT2D eigenvalue weighted by Gasteiger charge is 2.10. The Morgan fingerprint density at radius 1 is 1.50 bits per heavy atom. The van der Waals surface area contributed by atoms with Crippen molar-refractivity contribution in [2.24, 2.45) is 0 Å². The minimum absolute atomic E-state index is 0.224. The summed E-state index contributed by atoms with van der Waals surface area (Å²) in [6, 6.07) is 5.08. The summed E-state index contributed by atoms with van der Waals surface area (Å²) in [5.41, 5.74) is 0.847. The van der Waals surface area contributed by atoms with Crippen LogP contribution in [-0.2, 0) is 0 Å². The smallest absolute Gasteiger partial charge is 0.277 e. The van der Waals surface area contributed by atoms with Crippen LogP contribution in [0.4, 0.5) is 5.69 Å². The quantitative estimate of drug-likeness (QED) is 0.895. The lowest BCUT2D eigenvalue weighted by Crippen LogP contribution is -2.12. The molecule has 2 rings (SSSR count). The van der Waals surface area contributed by atoms with E-state index in [1.165, 1.54) is 6.20 Å². The predicted molar refractivity (Wildman–Crippen MR) is 63.5 cm³/mol. The van der Waals surface area contributed by atoms with Crippen LogP contribution in [0.25, 0.3) is 0 Å². The topological polar surface area (TPSA) is 70.7 Å². The van der Waals surface area contributed by atoms with E-state index in [2.05, 4.69) is 36.7 Å². The predicted octanol–water partition coefficient (Wildman–Crippen LogP) is 2.47. The number of aromatic amines is 1. The molecule has 0 fully saturated rings. The molecule has 1 aromatic carbocycles. The fourth-order valence-electron chi connectivity index (χ4n) is 1.09. The molecule has 2 aromatic rings. The molecular formula is C9H6BrClN4O. The average molecular weight is 302 g/mol. The third kappa shape index (κ3) is 2.40. The van der Waals surface area contributed by atoms with E-state index in [-0.39, 0.29) is 11.6 Å². The van der Waals surface area contributed by atoms with Crippen LogP contribution in [0.2, 0.25) is 5.02 Å². The number of carbonyl (C=O) groups excluding carboxylic acids is 1. The van der Waals surface area contributed by atoms with Crippen molar-refractivity contribution in [2.75, 3.05) is 5.32 Å². The first-order valence-electron chi connectivity index (χ1n) is 4.29. The molecule has 0 atom stereocenters. The van der Waals surface area contributed by atoms with Crippen molar-refractivity contribution >= 4 is 39.1 Å². The van der Waals surface area contributed by atoms with Gasteiger partial charge in [0.25, 0.3) is 5.91 Å². The average Bonchev–Trinajstić information content (AvgIpc) is 2.75. The van der Waals surface area contributed by atoms with Crippen LogP contribution in [-0.4, -0.2) is 21.3 Å². The Bertz CT molecular complexity index is 514. The number of aromatic nitrogens is 3. The van der Waals surface area contributed by atoms with E-state index in [0.717, 1.165) is 0 Å². The van der Waals surface area contributed by atoms with Crippen LogP contribution in [0.3, 0.4) is 0 Å². The van der Waals surface area contributed by atoms with Crippen molar-refractivity contribution in [3.63, 3.8) is 0 Å². The summed E-state index contributed by atoms with van der Waals surface area (Å²) in [6.07, 6.45) is 1.35. The molecule has 0 bridgehead atoms. The van der Waals surface area contributed by atoms with Crippen LogP contribution < -0.4 is 5.32 Å². The summed E-state index contributed by atoms with van der Waals surface area (Å²) in [4.78, 5) is 11.6. The van der Waals surface area contributed by atoms with E-state index < -0.39 is 0 Å². The summed E-state index contributed by atoms with van der Waals surface area (Å²) in [5.74, 6) is -0.336. The summed E-state index contributed by atoms with van der Waals surface area (Å²) >= 11 is 9.08. The number of hydrogen-bond donors (Lipinski definition) is 2. The highest BCUT2D eigenvalue weighted by atomic mass is 79.9. The van der Waals surface area contributed by atoms with Crippen molar-refractivity contribution < 1.29 is 4.79 Å². The van der Waals surface area contributed by atoms with Crippen molar-refractivity contribution in [1.82, 2.24) is 15.4 Å². The molecule has 0 spiro atoms. The highest BCUT2D eigenvalue weighted by Crippen LogP contribution is 2.26. The molecule has 0 saturated heterocycles. The third-order valence-electron chi connectivity index (χ3n) is 1.83. The molecule has 1 amide bonds. The van der Waals surface area contributed by atoms with Gasteiger partial charge in [0.2, 0.25) is 0 Å². The normalized spacial score (nSPS) is 10.1. The largest absolute Gasteiger partial charge is 0.319 e. The zero-order chi connectivity index (χ0) is 11.5. The molecule has 1 aromatic heterocycles. The number of nitrogens with zero attached hydrogens (tertiary/aromatic N) is 2. The summed E-state index contributed by atoms with van der Waals surface area (Å²) in [5, 5.41) is 12.9. The van der Waals surface area contributed by atoms with E-state index in [9.17, 15) is 4.79 Å². The van der Waals surface area contributed by atoms with Gasteiger partial charge in [0, 0.05) is 9.50 Å². The summed E-state index contributed by atoms with van der Waals surface area (Å²) < 4.78 is 0.705. The van der Waals surface area contributed by atoms with Gasteiger partial charge in [-0.05, 0) is 34.1 Å². The van der Waals surface area contributed by atoms with Crippen molar-refractivity contribution in [3.05, 3.63) is 39.6 Å². The van der Waals surface area contributed by atoms with Gasteiger partial charge in [0.05, 0.1) is 11.9 Å². The van der Waals surface area contributed by atoms with E-state index in [0.29, 0.717) is 15.2 Å². The Hall–Kier alpha value is -1.40. The number of hydrogen-bond acceptors (Lipinski definition) is 3. The number of halogens is 2. The van der Waals surface area contributed by atoms with Gasteiger partial charge >= 0.3 is 0 Å². The molecule has 1 heterocycles. The molecule has 0 aliphatic rings. The summed E-state index contributed by atoms with van der Waals surface area (Å²) in [6.45, 7) is 0. The molecule has 0 radical (unpaired) electrons. The number of anilines is 1. The van der Waals surface area contributed by atoms with Crippen LogP contribution in [0.15, 0.2) is 28.9 Å². The first-order valence-corrected chi connectivity index (χ1v) is 5.46. The van der Waals surface area contributed by atoms with Gasteiger partial charge in [-0.1, -0.05) is 11.6 Å². The summed E-state index contributed by atoms with van der Waals surface area (Å²) in [7, 11) is 0. The molecule has 0 aliphatic carbocycles. The number of H-pyrrole nitrogens is 1. The first-order chi connectivity index (χ1) is 7.66. The third-order valence-corrected chi connectivity index (χ3v) is 2.72. The van der Waals surface area contributed by atoms with Gasteiger partial charge in [-0.2, -0.15) is 15.4 Å². The SMILES string of the molecule is O=C(Nc1ccc(Cl)cc1Br)c1cn[nH]n1. The van der Waals surface area contributed by atoms with Crippen molar-refractivity contribution in [1.29, 1.82) is 0 Å². The van der Waals surface area contributed by atoms with E-state index in [4.69, 9.17) is 11.6 Å². The lowest BCUT2D eigenvalue weighted by atomic mass is 10.3. The lowest BCUT2D eigenvalue weighted by molar-refractivity contribution is 0.102. The van der Waals surface area contributed by atoms with E-state index in [1.807, 2.05) is 0 Å². The zero-order valence-electron chi connectivity index (χ0n) is 7.87. The van der Waals surface area contributed by atoms with Crippen LogP contribution >= 0.6 is 27.5 Å². The molecular weight excluding hydrogens is 295 g/mol. The standard InChI is InChI=1S/C9H6BrClN4O/c10-6-3-5(11)1-2-7(6)13-9(16)8-4-12-15-14-8/h1-4H,(H,13,16)(H,12,14,15). The fraction of sp³-hybridized carbons (Fsp3) is 0. The molecule has 0 saturated carbocycles. The Morgan fingerprint density at radius 2 is 2.31 bits per heavy atom. The second-order valence-corrected chi connectivity index (χ2v) is 4.22. The van der Waals surface area contributed by atoms with Gasteiger partial charge in [0.1, 0.15) is 0 Å². The maximum absolute atomic E-state index is 11.6. The minimum Gasteiger partial charge on any atom is -0.319 e. The second kappa shape index (κ2) is 4.63. The number of carbonyl (C=O) groups is 1. The number of benzene rings is 1. The maximum Gasteiger partial charge on any atom is 0.277 e. The zero-order valence-corrected chi connectivity index (χ0v) is 10.2. The second-order valence-electron chi connectivity index (χ2n) is 2.93. The Morgan fingerprint density at radius 3 is 2.94 bits per heavy atom. The van der Waals surface area contributed by atoms with Crippen molar-refractivity contribution in [3.8, 4) is 0 Å². The highest BCUT2D eigenvalue weighted by molar-refractivity contribution is 9.10. The Labute approximate surface area is 104 Å². The first kappa shape index (κ1) is 11.1. The molecule has 2 N–H and O–H groups in total. The van der Waals surface area contributed by atoms with Crippen molar-refractivity contribution in [2.45, 2.75) is 0 Å². The molecule has 7 heteroatoms. The van der Waals surface area contributed by atoms with Gasteiger partial charge in [-0.25, -0.2) is 0 Å². The van der Waals surface area contributed by atoms with Crippen LogP contribution in [0, 0.1) is 0 Å². The molecule has 0 aliphatic heterocycles. The number of rotatable bonds is 2. The fourth-order valence-corrected chi connectivity index (χ4v) is 1.87. The Kier molecular flexibility index (Phi) is 3.21. The maximum atomic E-state index is 11.6. The van der Waals surface area contributed by atoms with E-state index >= 15 is 0 Å². The number of nitrogens with one attached hydrogen (secondary N) is 2. The monoisotopic (exact) mass is 300 g/mol. The van der Waals surface area contributed by atoms with Gasteiger partial charge < -0.3 is 5.32 Å². The van der Waals surface area contributed by atoms with Gasteiger partial charge in [0.15, 0.2) is 5.69 Å². The van der Waals surface area contributed by atoms with Gasteiger partial charge in [-0.3, -0.25) is 4.79 Å². The molecule has 5 nitrogen and oxygen atoms in total. The van der Waals surface area contributed by atoms with E-state index in [1.54, 1.807) is 18.2 Å². The van der Waals surface area contributed by atoms with Crippen LogP contribution in [0.5, 0.6) is 0 Å². The minimum atomic E-state index is -0.336. The molecule has 82 valence electrons.